The van der Waals surface area contributed by atoms with E-state index in [2.05, 4.69) is 15.0 Å². The van der Waals surface area contributed by atoms with Crippen LogP contribution in [0.25, 0.3) is 27.6 Å². The molecule has 2 N–H and O–H groups in total. The van der Waals surface area contributed by atoms with Crippen molar-refractivity contribution in [2.75, 3.05) is 25.5 Å². The number of thiazole rings is 1. The predicted molar refractivity (Wildman–Crippen MR) is 163 cm³/mol. The first-order valence-electron chi connectivity index (χ1n) is 13.8. The molecule has 1 saturated heterocycles. The first kappa shape index (κ1) is 28.8. The number of ether oxygens (including phenoxy) is 1. The number of imidazole rings is 1. The third-order valence-electron chi connectivity index (χ3n) is 7.47. The van der Waals surface area contributed by atoms with Crippen molar-refractivity contribution in [3.8, 4) is 28.4 Å². The Kier molecular flexibility index (Phi) is 8.10. The molecule has 4 heterocycles. The Balaban J connectivity index is 1.14. The van der Waals surface area contributed by atoms with Crippen LogP contribution in [0.5, 0.6) is 5.75 Å². The molecule has 1 aliphatic rings. The Morgan fingerprint density at radius 3 is 2.65 bits per heavy atom. The number of hydrogen-bond donors (Lipinski definition) is 2. The number of phenolic OH excluding ortho intramolecular Hbond substituents is 1. The number of nitrogens with one attached hydrogen (secondary N) is 1. The van der Waals surface area contributed by atoms with Crippen molar-refractivity contribution < 1.29 is 23.1 Å². The van der Waals surface area contributed by atoms with Crippen LogP contribution in [0.4, 0.5) is 5.95 Å². The molecule has 2 aromatic carbocycles. The summed E-state index contributed by atoms with van der Waals surface area (Å²) in [6.07, 6.45) is 5.56. The number of rotatable bonds is 9. The molecule has 1 aliphatic heterocycles. The molecule has 0 bridgehead atoms. The molecule has 43 heavy (non-hydrogen) atoms. The fraction of sp³-hybridized carbons (Fsp3) is 0.267. The lowest BCUT2D eigenvalue weighted by molar-refractivity contribution is -0.140. The summed E-state index contributed by atoms with van der Waals surface area (Å²) >= 11 is 1.51. The number of aromatic hydroxyl groups is 1. The zero-order valence-electron chi connectivity index (χ0n) is 23.4. The summed E-state index contributed by atoms with van der Waals surface area (Å²) in [5.41, 5.74) is 3.84. The molecule has 11 nitrogen and oxygen atoms in total. The van der Waals surface area contributed by atoms with Gasteiger partial charge in [0, 0.05) is 48.9 Å². The second-order valence-electron chi connectivity index (χ2n) is 10.2. The lowest BCUT2D eigenvalue weighted by Crippen LogP contribution is -2.42. The minimum Gasteiger partial charge on any atom is -0.508 e. The van der Waals surface area contributed by atoms with Gasteiger partial charge in [0.1, 0.15) is 11.4 Å². The Labute approximate surface area is 252 Å². The van der Waals surface area contributed by atoms with Crippen LogP contribution < -0.4 is 5.32 Å². The monoisotopic (exact) mass is 618 g/mol. The number of benzene rings is 2. The molecule has 0 aliphatic carbocycles. The van der Waals surface area contributed by atoms with Crippen LogP contribution in [-0.2, 0) is 26.0 Å². The van der Waals surface area contributed by atoms with Crippen molar-refractivity contribution in [2.45, 2.75) is 36.6 Å². The van der Waals surface area contributed by atoms with Gasteiger partial charge < -0.3 is 15.2 Å². The molecule has 1 fully saturated rings. The van der Waals surface area contributed by atoms with E-state index in [0.717, 1.165) is 21.8 Å². The molecular weight excluding hydrogens is 589 g/mol. The van der Waals surface area contributed by atoms with Gasteiger partial charge in [-0.05, 0) is 55.2 Å². The standard InChI is InChI=1S/C30H30N6O5S2/c1-41-26(38)10-7-20-5-8-24(9-6-20)43(39,40)35-15-12-22(13-16-35)32-29-31-14-11-25(33-29)28-27(21-3-2-4-23(37)19-21)34-30-36(28)17-18-42-30/h2-6,8-9,11,14,17-19,22,37H,7,10,12-13,15-16H2,1H3,(H,31,32,33). The average Bonchev–Trinajstić information content (AvgIpc) is 3.62. The lowest BCUT2D eigenvalue weighted by atomic mass is 10.1. The van der Waals surface area contributed by atoms with E-state index in [1.54, 1.807) is 48.7 Å². The number of hydrogen-bond acceptors (Lipinski definition) is 10. The minimum absolute atomic E-state index is 0.000421. The molecule has 3 aromatic heterocycles. The highest BCUT2D eigenvalue weighted by atomic mass is 32.2. The van der Waals surface area contributed by atoms with E-state index < -0.39 is 10.0 Å². The zero-order valence-corrected chi connectivity index (χ0v) is 25.0. The highest BCUT2D eigenvalue weighted by Crippen LogP contribution is 2.35. The Bertz CT molecular complexity index is 1860. The maximum absolute atomic E-state index is 13.3. The van der Waals surface area contributed by atoms with Gasteiger partial charge in [-0.2, -0.15) is 4.31 Å². The number of methoxy groups -OCH3 is 1. The summed E-state index contributed by atoms with van der Waals surface area (Å²) in [6, 6.07) is 15.5. The molecule has 0 radical (unpaired) electrons. The number of fused-ring (bicyclic) bond motifs is 1. The number of carbonyl (C=O) groups is 1. The molecular formula is C30H30N6O5S2. The topological polar surface area (TPSA) is 139 Å². The van der Waals surface area contributed by atoms with Crippen molar-refractivity contribution >= 4 is 38.2 Å². The first-order valence-corrected chi connectivity index (χ1v) is 16.1. The Morgan fingerprint density at radius 1 is 1.12 bits per heavy atom. The first-order chi connectivity index (χ1) is 20.8. The maximum Gasteiger partial charge on any atom is 0.305 e. The predicted octanol–water partition coefficient (Wildman–Crippen LogP) is 4.60. The number of phenols is 1. The number of esters is 1. The largest absolute Gasteiger partial charge is 0.508 e. The SMILES string of the molecule is COC(=O)CCc1ccc(S(=O)(=O)N2CCC(Nc3nccc(-c4c(-c5cccc(O)c5)nc5sccn45)n3)CC2)cc1. The molecule has 0 atom stereocenters. The van der Waals surface area contributed by atoms with Gasteiger partial charge in [-0.1, -0.05) is 24.3 Å². The molecule has 0 saturated carbocycles. The van der Waals surface area contributed by atoms with Crippen LogP contribution in [0, 0.1) is 0 Å². The third kappa shape index (κ3) is 6.10. The van der Waals surface area contributed by atoms with Crippen LogP contribution in [-0.4, -0.2) is 69.4 Å². The quantitative estimate of drug-likeness (QED) is 0.227. The van der Waals surface area contributed by atoms with Crippen molar-refractivity contribution in [1.29, 1.82) is 0 Å². The second kappa shape index (κ2) is 12.1. The van der Waals surface area contributed by atoms with Gasteiger partial charge in [-0.15, -0.1) is 11.3 Å². The van der Waals surface area contributed by atoms with Crippen LogP contribution in [0.1, 0.15) is 24.8 Å². The number of sulfonamides is 1. The number of carbonyl (C=O) groups excluding carboxylic acids is 1. The van der Waals surface area contributed by atoms with E-state index in [-0.39, 0.29) is 29.1 Å². The van der Waals surface area contributed by atoms with Crippen molar-refractivity contribution in [3.05, 3.63) is 77.9 Å². The highest BCUT2D eigenvalue weighted by molar-refractivity contribution is 7.89. The fourth-order valence-corrected chi connectivity index (χ4v) is 7.38. The lowest BCUT2D eigenvalue weighted by Gasteiger charge is -2.31. The summed E-state index contributed by atoms with van der Waals surface area (Å²) in [5.74, 6) is 0.309. The molecule has 0 amide bonds. The maximum atomic E-state index is 13.3. The highest BCUT2D eigenvalue weighted by Gasteiger charge is 2.30. The second-order valence-corrected chi connectivity index (χ2v) is 13.0. The van der Waals surface area contributed by atoms with Gasteiger partial charge >= 0.3 is 5.97 Å². The zero-order chi connectivity index (χ0) is 30.0. The number of aromatic nitrogens is 4. The molecule has 13 heteroatoms. The van der Waals surface area contributed by atoms with Crippen LogP contribution in [0.15, 0.2) is 77.3 Å². The van der Waals surface area contributed by atoms with Crippen LogP contribution >= 0.6 is 11.3 Å². The van der Waals surface area contributed by atoms with Gasteiger partial charge in [0.25, 0.3) is 0 Å². The summed E-state index contributed by atoms with van der Waals surface area (Å²) in [5, 5.41) is 15.4. The van der Waals surface area contributed by atoms with Crippen LogP contribution in [0.3, 0.4) is 0 Å². The van der Waals surface area contributed by atoms with Gasteiger partial charge in [-0.25, -0.2) is 23.4 Å². The summed E-state index contributed by atoms with van der Waals surface area (Å²) < 4.78 is 34.7. The number of nitrogens with zero attached hydrogens (tertiary/aromatic N) is 5. The average molecular weight is 619 g/mol. The molecule has 0 spiro atoms. The van der Waals surface area contributed by atoms with Gasteiger partial charge in [0.15, 0.2) is 4.96 Å². The van der Waals surface area contributed by atoms with Gasteiger partial charge in [0.2, 0.25) is 16.0 Å². The molecule has 5 aromatic rings. The van der Waals surface area contributed by atoms with Gasteiger partial charge in [0.05, 0.1) is 23.4 Å². The summed E-state index contributed by atoms with van der Waals surface area (Å²) in [6.45, 7) is 0.729. The fourth-order valence-electron chi connectivity index (χ4n) is 5.19. The molecule has 6 rings (SSSR count). The van der Waals surface area contributed by atoms with E-state index >= 15 is 0 Å². The smallest absolute Gasteiger partial charge is 0.305 e. The van der Waals surface area contributed by atoms with Gasteiger partial charge in [-0.3, -0.25) is 9.20 Å². The molecule has 222 valence electrons. The van der Waals surface area contributed by atoms with E-state index in [1.165, 1.54) is 22.8 Å². The van der Waals surface area contributed by atoms with E-state index in [4.69, 9.17) is 9.97 Å². The van der Waals surface area contributed by atoms with Crippen molar-refractivity contribution in [2.24, 2.45) is 0 Å². The Hall–Kier alpha value is -4.33. The molecule has 0 unspecified atom stereocenters. The number of anilines is 1. The summed E-state index contributed by atoms with van der Waals surface area (Å²) in [4.78, 5) is 26.5. The minimum atomic E-state index is -3.64. The summed E-state index contributed by atoms with van der Waals surface area (Å²) in [7, 11) is -2.29. The Morgan fingerprint density at radius 2 is 1.91 bits per heavy atom. The van der Waals surface area contributed by atoms with Crippen LogP contribution in [0.2, 0.25) is 0 Å². The van der Waals surface area contributed by atoms with Crippen molar-refractivity contribution in [1.82, 2.24) is 23.7 Å². The van der Waals surface area contributed by atoms with E-state index in [9.17, 15) is 18.3 Å². The van der Waals surface area contributed by atoms with E-state index in [1.807, 2.05) is 28.1 Å². The third-order valence-corrected chi connectivity index (χ3v) is 10.1. The number of piperidine rings is 1. The number of aryl methyl sites for hydroxylation is 1. The van der Waals surface area contributed by atoms with E-state index in [0.29, 0.717) is 49.7 Å². The normalized spacial score (nSPS) is 14.6. The van der Waals surface area contributed by atoms with Crippen molar-refractivity contribution in [3.63, 3.8) is 0 Å².